The Morgan fingerprint density at radius 1 is 1.56 bits per heavy atom. The van der Waals surface area contributed by atoms with Crippen molar-refractivity contribution in [2.45, 2.75) is 58.0 Å². The molecule has 0 saturated carbocycles. The van der Waals surface area contributed by atoms with E-state index in [1.807, 2.05) is 6.92 Å². The highest BCUT2D eigenvalue weighted by Crippen LogP contribution is 2.24. The molecule has 1 heterocycles. The summed E-state index contributed by atoms with van der Waals surface area (Å²) in [6.07, 6.45) is 4.48. The van der Waals surface area contributed by atoms with Gasteiger partial charge in [0, 0.05) is 6.04 Å². The first-order valence-corrected chi connectivity index (χ1v) is 6.40. The molecule has 2 N–H and O–H groups in total. The van der Waals surface area contributed by atoms with Crippen molar-refractivity contribution in [2.75, 3.05) is 13.1 Å². The lowest BCUT2D eigenvalue weighted by atomic mass is 9.98. The van der Waals surface area contributed by atoms with E-state index >= 15 is 0 Å². The predicted octanol–water partition coefficient (Wildman–Crippen LogP) is 2.13. The summed E-state index contributed by atoms with van der Waals surface area (Å²) in [6, 6.07) is 2.90. The summed E-state index contributed by atoms with van der Waals surface area (Å²) in [6.45, 7) is 8.72. The van der Waals surface area contributed by atoms with Crippen LogP contribution in [0.1, 0.15) is 46.5 Å². The Kier molecular flexibility index (Phi) is 4.76. The lowest BCUT2D eigenvalue weighted by Crippen LogP contribution is -2.37. The first kappa shape index (κ1) is 13.5. The second-order valence-corrected chi connectivity index (χ2v) is 5.62. The lowest BCUT2D eigenvalue weighted by molar-refractivity contribution is 0.200. The van der Waals surface area contributed by atoms with Crippen molar-refractivity contribution in [3.63, 3.8) is 0 Å². The van der Waals surface area contributed by atoms with Crippen LogP contribution in [0.5, 0.6) is 0 Å². The molecule has 0 aromatic rings. The van der Waals surface area contributed by atoms with Gasteiger partial charge in [0.05, 0.1) is 6.07 Å². The van der Waals surface area contributed by atoms with E-state index in [4.69, 9.17) is 11.0 Å². The Bertz CT molecular complexity index is 252. The molecule has 92 valence electrons. The molecule has 1 fully saturated rings. The van der Waals surface area contributed by atoms with Gasteiger partial charge >= 0.3 is 0 Å². The van der Waals surface area contributed by atoms with Crippen molar-refractivity contribution in [3.05, 3.63) is 0 Å². The Morgan fingerprint density at radius 3 is 2.81 bits per heavy atom. The topological polar surface area (TPSA) is 53.0 Å². The number of nitrogens with zero attached hydrogens (tertiary/aromatic N) is 2. The first-order valence-electron chi connectivity index (χ1n) is 6.40. The zero-order chi connectivity index (χ0) is 12.2. The van der Waals surface area contributed by atoms with Gasteiger partial charge in [0.15, 0.2) is 0 Å². The van der Waals surface area contributed by atoms with E-state index in [1.54, 1.807) is 0 Å². The van der Waals surface area contributed by atoms with Crippen LogP contribution in [0.2, 0.25) is 0 Å². The van der Waals surface area contributed by atoms with Crippen molar-refractivity contribution < 1.29 is 0 Å². The van der Waals surface area contributed by atoms with Crippen molar-refractivity contribution in [1.82, 2.24) is 4.90 Å². The Morgan fingerprint density at radius 2 is 2.25 bits per heavy atom. The zero-order valence-corrected chi connectivity index (χ0v) is 10.9. The van der Waals surface area contributed by atoms with Crippen molar-refractivity contribution in [1.29, 1.82) is 5.26 Å². The molecule has 1 aliphatic heterocycles. The van der Waals surface area contributed by atoms with Gasteiger partial charge in [0.1, 0.15) is 5.54 Å². The highest BCUT2D eigenvalue weighted by Gasteiger charge is 2.27. The predicted molar refractivity (Wildman–Crippen MR) is 66.9 cm³/mol. The minimum absolute atomic E-state index is 0.646. The van der Waals surface area contributed by atoms with Gasteiger partial charge in [0.25, 0.3) is 0 Å². The summed E-state index contributed by atoms with van der Waals surface area (Å²) in [4.78, 5) is 2.57. The van der Waals surface area contributed by atoms with Gasteiger partial charge in [-0.3, -0.25) is 0 Å². The molecule has 0 radical (unpaired) electrons. The van der Waals surface area contributed by atoms with E-state index in [2.05, 4.69) is 24.8 Å². The highest BCUT2D eigenvalue weighted by atomic mass is 15.2. The summed E-state index contributed by atoms with van der Waals surface area (Å²) in [7, 11) is 0. The molecule has 3 nitrogen and oxygen atoms in total. The number of likely N-dealkylation sites (tertiary alicyclic amines) is 1. The number of hydrogen-bond donors (Lipinski definition) is 1. The van der Waals surface area contributed by atoms with Crippen LogP contribution in [0.4, 0.5) is 0 Å². The van der Waals surface area contributed by atoms with E-state index in [1.165, 1.54) is 19.4 Å². The zero-order valence-electron chi connectivity index (χ0n) is 10.9. The van der Waals surface area contributed by atoms with E-state index < -0.39 is 5.54 Å². The number of nitrogens with two attached hydrogens (primary N) is 1. The quantitative estimate of drug-likeness (QED) is 0.777. The maximum absolute atomic E-state index is 8.84. The third-order valence-corrected chi connectivity index (χ3v) is 3.58. The average molecular weight is 223 g/mol. The van der Waals surface area contributed by atoms with E-state index in [-0.39, 0.29) is 0 Å². The fraction of sp³-hybridized carbons (Fsp3) is 0.923. The largest absolute Gasteiger partial charge is 0.314 e. The highest BCUT2D eigenvalue weighted by molar-refractivity contribution is 5.00. The molecule has 0 amide bonds. The van der Waals surface area contributed by atoms with Crippen LogP contribution in [-0.4, -0.2) is 29.6 Å². The summed E-state index contributed by atoms with van der Waals surface area (Å²) >= 11 is 0. The van der Waals surface area contributed by atoms with Crippen LogP contribution >= 0.6 is 0 Å². The first-order chi connectivity index (χ1) is 7.46. The Hall–Kier alpha value is -0.590. The van der Waals surface area contributed by atoms with E-state index in [9.17, 15) is 0 Å². The minimum Gasteiger partial charge on any atom is -0.314 e. The lowest BCUT2D eigenvalue weighted by Gasteiger charge is -2.28. The van der Waals surface area contributed by atoms with Crippen LogP contribution in [0, 0.1) is 17.2 Å². The maximum Gasteiger partial charge on any atom is 0.101 e. The van der Waals surface area contributed by atoms with Crippen molar-refractivity contribution in [3.8, 4) is 6.07 Å². The molecule has 2 atom stereocenters. The standard InChI is InChI=1S/C13H25N3/c1-11(2)12-6-4-8-16(12)9-5-7-13(3,15)10-14/h11-12H,4-9,15H2,1-3H3. The maximum atomic E-state index is 8.84. The van der Waals surface area contributed by atoms with Crippen LogP contribution in [-0.2, 0) is 0 Å². The van der Waals surface area contributed by atoms with E-state index in [0.29, 0.717) is 0 Å². The summed E-state index contributed by atoms with van der Waals surface area (Å²) in [5.41, 5.74) is 5.17. The molecule has 1 saturated heterocycles. The van der Waals surface area contributed by atoms with Gasteiger partial charge in [-0.2, -0.15) is 5.26 Å². The summed E-state index contributed by atoms with van der Waals surface area (Å²) < 4.78 is 0. The normalized spacial score (nSPS) is 25.6. The molecule has 0 aliphatic carbocycles. The third kappa shape index (κ3) is 3.77. The third-order valence-electron chi connectivity index (χ3n) is 3.58. The molecule has 2 unspecified atom stereocenters. The van der Waals surface area contributed by atoms with E-state index in [0.717, 1.165) is 31.3 Å². The number of nitriles is 1. The average Bonchev–Trinajstić information content (AvgIpc) is 2.66. The molecule has 16 heavy (non-hydrogen) atoms. The van der Waals surface area contributed by atoms with Gasteiger partial charge in [-0.1, -0.05) is 13.8 Å². The fourth-order valence-electron chi connectivity index (χ4n) is 2.59. The molecule has 0 spiro atoms. The fourth-order valence-corrected chi connectivity index (χ4v) is 2.59. The Labute approximate surface area is 99.6 Å². The molecular weight excluding hydrogens is 198 g/mol. The second-order valence-electron chi connectivity index (χ2n) is 5.62. The van der Waals surface area contributed by atoms with Gasteiger partial charge in [0.2, 0.25) is 0 Å². The van der Waals surface area contributed by atoms with Crippen LogP contribution in [0.3, 0.4) is 0 Å². The molecule has 1 aliphatic rings. The minimum atomic E-state index is -0.646. The summed E-state index contributed by atoms with van der Waals surface area (Å²) in [5, 5.41) is 8.84. The van der Waals surface area contributed by atoms with Crippen LogP contribution < -0.4 is 5.73 Å². The Balaban J connectivity index is 2.30. The molecule has 3 heteroatoms. The molecule has 1 rings (SSSR count). The summed E-state index contributed by atoms with van der Waals surface area (Å²) in [5.74, 6) is 0.739. The van der Waals surface area contributed by atoms with Crippen LogP contribution in [0.15, 0.2) is 0 Å². The van der Waals surface area contributed by atoms with Gasteiger partial charge in [-0.05, 0) is 51.6 Å². The van der Waals surface area contributed by atoms with Gasteiger partial charge < -0.3 is 10.6 Å². The smallest absolute Gasteiger partial charge is 0.101 e. The van der Waals surface area contributed by atoms with Crippen LogP contribution in [0.25, 0.3) is 0 Å². The van der Waals surface area contributed by atoms with Crippen molar-refractivity contribution in [2.24, 2.45) is 11.7 Å². The molecule has 0 bridgehead atoms. The van der Waals surface area contributed by atoms with Gasteiger partial charge in [-0.25, -0.2) is 0 Å². The van der Waals surface area contributed by atoms with Gasteiger partial charge in [-0.15, -0.1) is 0 Å². The molecular formula is C13H25N3. The van der Waals surface area contributed by atoms with Crippen molar-refractivity contribution >= 4 is 0 Å². The molecule has 0 aromatic carbocycles. The second kappa shape index (κ2) is 5.65. The monoisotopic (exact) mass is 223 g/mol. The SMILES string of the molecule is CC(C)C1CCCN1CCCC(C)(N)C#N. The molecule has 0 aromatic heterocycles. The number of hydrogen-bond acceptors (Lipinski definition) is 3. The number of rotatable bonds is 5.